The fourth-order valence-corrected chi connectivity index (χ4v) is 1.75. The average molecular weight is 272 g/mol. The smallest absolute Gasteiger partial charge is 0.304 e. The zero-order valence-electron chi connectivity index (χ0n) is 8.59. The van der Waals surface area contributed by atoms with Gasteiger partial charge >= 0.3 is 5.97 Å². The third kappa shape index (κ3) is 4.44. The Morgan fingerprint density at radius 3 is 2.87 bits per heavy atom. The number of carboxylic acid groups (broad SMARTS) is 1. The van der Waals surface area contributed by atoms with Gasteiger partial charge in [-0.1, -0.05) is 22.0 Å². The molecule has 4 heteroatoms. The molecule has 1 aromatic carbocycles. The van der Waals surface area contributed by atoms with E-state index in [-0.39, 0.29) is 6.42 Å². The minimum atomic E-state index is -0.768. The third-order valence-corrected chi connectivity index (χ3v) is 2.63. The highest BCUT2D eigenvalue weighted by atomic mass is 79.9. The van der Waals surface area contributed by atoms with Crippen LogP contribution in [0.25, 0.3) is 0 Å². The van der Waals surface area contributed by atoms with Gasteiger partial charge in [0.15, 0.2) is 0 Å². The molecule has 0 aliphatic heterocycles. The van der Waals surface area contributed by atoms with Crippen LogP contribution in [0.15, 0.2) is 22.7 Å². The number of rotatable bonds is 5. The molecule has 2 N–H and O–H groups in total. The summed E-state index contributed by atoms with van der Waals surface area (Å²) in [4.78, 5) is 10.3. The second kappa shape index (κ2) is 5.88. The maximum Gasteiger partial charge on any atom is 0.304 e. The summed E-state index contributed by atoms with van der Waals surface area (Å²) in [6, 6.07) is 6.07. The lowest BCUT2D eigenvalue weighted by atomic mass is 10.1. The van der Waals surface area contributed by atoms with Crippen molar-refractivity contribution in [1.29, 1.82) is 0 Å². The zero-order chi connectivity index (χ0) is 11.3. The Bertz CT molecular complexity index is 352. The minimum Gasteiger partial charge on any atom is -0.481 e. The number of aliphatic carboxylic acids is 1. The third-order valence-electron chi connectivity index (χ3n) is 2.14. The van der Waals surface area contributed by atoms with Crippen molar-refractivity contribution in [1.82, 2.24) is 5.32 Å². The number of benzene rings is 1. The Morgan fingerprint density at radius 1 is 1.53 bits per heavy atom. The molecule has 0 fully saturated rings. The molecule has 0 atom stereocenters. The van der Waals surface area contributed by atoms with Crippen LogP contribution in [0.1, 0.15) is 17.5 Å². The number of aryl methyl sites for hydroxylation is 1. The predicted molar refractivity (Wildman–Crippen MR) is 62.8 cm³/mol. The molecule has 82 valence electrons. The Morgan fingerprint density at radius 2 is 2.27 bits per heavy atom. The zero-order valence-corrected chi connectivity index (χ0v) is 10.2. The van der Waals surface area contributed by atoms with Crippen LogP contribution in [0.2, 0.25) is 0 Å². The van der Waals surface area contributed by atoms with E-state index < -0.39 is 5.97 Å². The molecular weight excluding hydrogens is 258 g/mol. The molecule has 0 radical (unpaired) electrons. The first kappa shape index (κ1) is 12.2. The maximum absolute atomic E-state index is 10.3. The van der Waals surface area contributed by atoms with Gasteiger partial charge in [-0.3, -0.25) is 4.79 Å². The molecule has 0 spiro atoms. The van der Waals surface area contributed by atoms with E-state index in [9.17, 15) is 4.79 Å². The van der Waals surface area contributed by atoms with Crippen molar-refractivity contribution in [2.75, 3.05) is 6.54 Å². The molecule has 1 aromatic rings. The first-order valence-electron chi connectivity index (χ1n) is 4.77. The van der Waals surface area contributed by atoms with Gasteiger partial charge in [0.05, 0.1) is 6.42 Å². The van der Waals surface area contributed by atoms with Crippen molar-refractivity contribution in [2.24, 2.45) is 0 Å². The Kier molecular flexibility index (Phi) is 4.78. The topological polar surface area (TPSA) is 49.3 Å². The molecule has 0 bridgehead atoms. The van der Waals surface area contributed by atoms with Gasteiger partial charge in [0.25, 0.3) is 0 Å². The van der Waals surface area contributed by atoms with Crippen LogP contribution in [0.4, 0.5) is 0 Å². The molecule has 0 saturated carbocycles. The largest absolute Gasteiger partial charge is 0.481 e. The quantitative estimate of drug-likeness (QED) is 0.809. The van der Waals surface area contributed by atoms with Gasteiger partial charge < -0.3 is 10.4 Å². The molecule has 1 rings (SSSR count). The van der Waals surface area contributed by atoms with Crippen LogP contribution in [-0.4, -0.2) is 17.6 Å². The van der Waals surface area contributed by atoms with Gasteiger partial charge in [0.1, 0.15) is 0 Å². The van der Waals surface area contributed by atoms with Crippen molar-refractivity contribution < 1.29 is 9.90 Å². The van der Waals surface area contributed by atoms with E-state index >= 15 is 0 Å². The molecule has 3 nitrogen and oxygen atoms in total. The van der Waals surface area contributed by atoms with E-state index in [0.29, 0.717) is 13.1 Å². The lowest BCUT2D eigenvalue weighted by Crippen LogP contribution is -2.18. The SMILES string of the molecule is Cc1cc(Br)ccc1CNCCC(=O)O. The predicted octanol–water partition coefficient (Wildman–Crippen LogP) is 2.32. The number of halogens is 1. The number of carboxylic acids is 1. The van der Waals surface area contributed by atoms with Gasteiger partial charge in [-0.15, -0.1) is 0 Å². The van der Waals surface area contributed by atoms with E-state index in [1.165, 1.54) is 11.1 Å². The molecule has 0 heterocycles. The second-order valence-electron chi connectivity index (χ2n) is 3.39. The summed E-state index contributed by atoms with van der Waals surface area (Å²) in [5, 5.41) is 11.6. The Labute approximate surface area is 97.6 Å². The first-order chi connectivity index (χ1) is 7.09. The highest BCUT2D eigenvalue weighted by molar-refractivity contribution is 9.10. The summed E-state index contributed by atoms with van der Waals surface area (Å²) in [6.07, 6.45) is 0.162. The number of hydrogen-bond donors (Lipinski definition) is 2. The highest BCUT2D eigenvalue weighted by Gasteiger charge is 1.99. The fourth-order valence-electron chi connectivity index (χ4n) is 1.28. The normalized spacial score (nSPS) is 10.3. The van der Waals surface area contributed by atoms with Gasteiger partial charge in [0.2, 0.25) is 0 Å². The van der Waals surface area contributed by atoms with Gasteiger partial charge in [-0.2, -0.15) is 0 Å². The summed E-state index contributed by atoms with van der Waals surface area (Å²) < 4.78 is 1.06. The van der Waals surface area contributed by atoms with E-state index in [0.717, 1.165) is 4.47 Å². The summed E-state index contributed by atoms with van der Waals surface area (Å²) in [5.74, 6) is -0.768. The molecule has 0 aromatic heterocycles. The first-order valence-corrected chi connectivity index (χ1v) is 5.56. The minimum absolute atomic E-state index is 0.162. The Balaban J connectivity index is 2.40. The van der Waals surface area contributed by atoms with Crippen LogP contribution in [0, 0.1) is 6.92 Å². The van der Waals surface area contributed by atoms with Crippen molar-refractivity contribution in [3.8, 4) is 0 Å². The van der Waals surface area contributed by atoms with Crippen LogP contribution < -0.4 is 5.32 Å². The van der Waals surface area contributed by atoms with E-state index in [2.05, 4.69) is 21.2 Å². The second-order valence-corrected chi connectivity index (χ2v) is 4.31. The van der Waals surface area contributed by atoms with Crippen LogP contribution >= 0.6 is 15.9 Å². The summed E-state index contributed by atoms with van der Waals surface area (Å²) in [7, 11) is 0. The maximum atomic E-state index is 10.3. The molecule has 15 heavy (non-hydrogen) atoms. The number of carbonyl (C=O) groups is 1. The van der Waals surface area contributed by atoms with E-state index in [1.54, 1.807) is 0 Å². The summed E-state index contributed by atoms with van der Waals surface area (Å²) in [5.41, 5.74) is 2.40. The lowest BCUT2D eigenvalue weighted by molar-refractivity contribution is -0.136. The molecule has 0 amide bonds. The molecule has 0 saturated heterocycles. The van der Waals surface area contributed by atoms with Gasteiger partial charge in [-0.05, 0) is 30.2 Å². The molecule has 0 unspecified atom stereocenters. The van der Waals surface area contributed by atoms with Gasteiger partial charge in [-0.25, -0.2) is 0 Å². The average Bonchev–Trinajstić information content (AvgIpc) is 2.14. The number of hydrogen-bond acceptors (Lipinski definition) is 2. The van der Waals surface area contributed by atoms with Gasteiger partial charge in [0, 0.05) is 17.6 Å². The van der Waals surface area contributed by atoms with Crippen LogP contribution in [-0.2, 0) is 11.3 Å². The van der Waals surface area contributed by atoms with E-state index in [4.69, 9.17) is 5.11 Å². The summed E-state index contributed by atoms with van der Waals surface area (Å²) >= 11 is 3.40. The fraction of sp³-hybridized carbons (Fsp3) is 0.364. The molecule has 0 aliphatic rings. The number of nitrogens with one attached hydrogen (secondary N) is 1. The lowest BCUT2D eigenvalue weighted by Gasteiger charge is -2.07. The summed E-state index contributed by atoms with van der Waals surface area (Å²) in [6.45, 7) is 3.26. The van der Waals surface area contributed by atoms with Crippen LogP contribution in [0.3, 0.4) is 0 Å². The monoisotopic (exact) mass is 271 g/mol. The van der Waals surface area contributed by atoms with Crippen molar-refractivity contribution >= 4 is 21.9 Å². The Hall–Kier alpha value is -0.870. The van der Waals surface area contributed by atoms with Crippen molar-refractivity contribution in [3.05, 3.63) is 33.8 Å². The molecular formula is C11H14BrNO2. The highest BCUT2D eigenvalue weighted by Crippen LogP contribution is 2.15. The van der Waals surface area contributed by atoms with E-state index in [1.807, 2.05) is 25.1 Å². The standard InChI is InChI=1S/C11H14BrNO2/c1-8-6-10(12)3-2-9(8)7-13-5-4-11(14)15/h2-3,6,13H,4-5,7H2,1H3,(H,14,15). The molecule has 0 aliphatic carbocycles. The van der Waals surface area contributed by atoms with Crippen molar-refractivity contribution in [2.45, 2.75) is 19.9 Å². The van der Waals surface area contributed by atoms with Crippen molar-refractivity contribution in [3.63, 3.8) is 0 Å². The van der Waals surface area contributed by atoms with Crippen LogP contribution in [0.5, 0.6) is 0 Å².